The maximum Gasteiger partial charge on any atom is 0.244 e. The molecule has 0 unspecified atom stereocenters. The van der Waals surface area contributed by atoms with E-state index in [-0.39, 0.29) is 36.4 Å². The molecule has 2 rings (SSSR count). The van der Waals surface area contributed by atoms with Gasteiger partial charge in [-0.25, -0.2) is 4.99 Å². The minimum absolute atomic E-state index is 0. The molecular weight excluding hydrogens is 431 g/mol. The van der Waals surface area contributed by atoms with E-state index in [0.717, 1.165) is 38.2 Å². The predicted octanol–water partition coefficient (Wildman–Crippen LogP) is 2.17. The van der Waals surface area contributed by atoms with Gasteiger partial charge in [-0.05, 0) is 38.8 Å². The molecule has 1 aromatic rings. The lowest BCUT2D eigenvalue weighted by molar-refractivity contribution is -0.128. The summed E-state index contributed by atoms with van der Waals surface area (Å²) in [6.45, 7) is 7.88. The fourth-order valence-electron chi connectivity index (χ4n) is 2.53. The predicted molar refractivity (Wildman–Crippen MR) is 112 cm³/mol. The number of hydrogen-bond acceptors (Lipinski definition) is 3. The summed E-state index contributed by atoms with van der Waals surface area (Å²) in [6, 6.07) is 7.98. The van der Waals surface area contributed by atoms with E-state index in [1.54, 1.807) is 0 Å². The minimum Gasteiger partial charge on any atom is -0.492 e. The van der Waals surface area contributed by atoms with Crippen molar-refractivity contribution in [2.24, 2.45) is 4.99 Å². The van der Waals surface area contributed by atoms with E-state index in [2.05, 4.69) is 15.6 Å². The molecule has 2 N–H and O–H groups in total. The van der Waals surface area contributed by atoms with Gasteiger partial charge in [0.25, 0.3) is 0 Å². The second kappa shape index (κ2) is 11.9. The highest BCUT2D eigenvalue weighted by Crippen LogP contribution is 2.10. The molecule has 0 radical (unpaired) electrons. The number of aliphatic imine (C=N–C) groups is 1. The lowest BCUT2D eigenvalue weighted by Gasteiger charge is -2.15. The quantitative estimate of drug-likeness (QED) is 0.283. The van der Waals surface area contributed by atoms with Crippen molar-refractivity contribution < 1.29 is 9.53 Å². The van der Waals surface area contributed by atoms with Gasteiger partial charge in [-0.3, -0.25) is 4.79 Å². The van der Waals surface area contributed by atoms with Crippen LogP contribution >= 0.6 is 24.0 Å². The summed E-state index contributed by atoms with van der Waals surface area (Å²) >= 11 is 0. The Morgan fingerprint density at radius 1 is 1.20 bits per heavy atom. The number of hydrogen-bond donors (Lipinski definition) is 2. The van der Waals surface area contributed by atoms with Gasteiger partial charge in [-0.15, -0.1) is 24.0 Å². The number of nitrogens with zero attached hydrogens (tertiary/aromatic N) is 2. The maximum absolute atomic E-state index is 12.0. The molecule has 1 amide bonds. The number of benzene rings is 1. The van der Waals surface area contributed by atoms with Gasteiger partial charge in [0.05, 0.1) is 6.54 Å². The number of guanidine groups is 1. The van der Waals surface area contributed by atoms with Crippen LogP contribution in [0.5, 0.6) is 5.75 Å². The lowest BCUT2D eigenvalue weighted by Crippen LogP contribution is -2.40. The topological polar surface area (TPSA) is 66.0 Å². The van der Waals surface area contributed by atoms with Crippen molar-refractivity contribution in [2.45, 2.75) is 26.7 Å². The highest BCUT2D eigenvalue weighted by molar-refractivity contribution is 14.0. The van der Waals surface area contributed by atoms with Crippen LogP contribution in [0.4, 0.5) is 0 Å². The van der Waals surface area contributed by atoms with E-state index in [1.165, 1.54) is 5.56 Å². The molecule has 0 saturated carbocycles. The Hall–Kier alpha value is -1.51. The van der Waals surface area contributed by atoms with Gasteiger partial charge >= 0.3 is 0 Å². The molecule has 1 aliphatic rings. The molecule has 0 aromatic heterocycles. The lowest BCUT2D eigenvalue weighted by atomic mass is 10.2. The number of ether oxygens (including phenoxy) is 1. The molecule has 0 aliphatic carbocycles. The molecule has 1 fully saturated rings. The van der Waals surface area contributed by atoms with Crippen molar-refractivity contribution in [3.05, 3.63) is 29.8 Å². The molecule has 25 heavy (non-hydrogen) atoms. The van der Waals surface area contributed by atoms with Gasteiger partial charge in [0.2, 0.25) is 5.91 Å². The summed E-state index contributed by atoms with van der Waals surface area (Å²) < 4.78 is 5.68. The van der Waals surface area contributed by atoms with Crippen LogP contribution in [0.2, 0.25) is 0 Å². The van der Waals surface area contributed by atoms with Gasteiger partial charge in [0, 0.05) is 19.6 Å². The van der Waals surface area contributed by atoms with Crippen molar-refractivity contribution in [1.29, 1.82) is 0 Å². The Labute approximate surface area is 167 Å². The zero-order chi connectivity index (χ0) is 17.2. The van der Waals surface area contributed by atoms with Gasteiger partial charge in [0.15, 0.2) is 5.96 Å². The highest BCUT2D eigenvalue weighted by atomic mass is 127. The summed E-state index contributed by atoms with van der Waals surface area (Å²) in [5.41, 5.74) is 1.21. The fourth-order valence-corrected chi connectivity index (χ4v) is 2.53. The number of likely N-dealkylation sites (tertiary alicyclic amines) is 1. The number of halogens is 1. The average molecular weight is 460 g/mol. The number of carbonyl (C=O) groups is 1. The van der Waals surface area contributed by atoms with E-state index in [9.17, 15) is 4.79 Å². The second-order valence-electron chi connectivity index (χ2n) is 5.87. The van der Waals surface area contributed by atoms with E-state index >= 15 is 0 Å². The van der Waals surface area contributed by atoms with Crippen molar-refractivity contribution in [3.63, 3.8) is 0 Å². The van der Waals surface area contributed by atoms with E-state index in [1.807, 2.05) is 43.0 Å². The number of aryl methyl sites for hydroxylation is 1. The third-order valence-corrected chi connectivity index (χ3v) is 3.86. The second-order valence-corrected chi connectivity index (χ2v) is 5.87. The summed E-state index contributed by atoms with van der Waals surface area (Å²) in [5.74, 6) is 1.60. The molecule has 1 heterocycles. The van der Waals surface area contributed by atoms with E-state index in [0.29, 0.717) is 19.1 Å². The molecule has 140 valence electrons. The SMILES string of the molecule is CCNC(=NCC(=O)N1CCCC1)NCCOc1ccc(C)cc1.I. The first-order chi connectivity index (χ1) is 11.7. The molecule has 1 aromatic carbocycles. The smallest absolute Gasteiger partial charge is 0.244 e. The van der Waals surface area contributed by atoms with Crippen molar-refractivity contribution in [3.8, 4) is 5.75 Å². The molecule has 1 aliphatic heterocycles. The Morgan fingerprint density at radius 2 is 1.88 bits per heavy atom. The largest absolute Gasteiger partial charge is 0.492 e. The number of rotatable bonds is 7. The van der Waals surface area contributed by atoms with Crippen LogP contribution in [0, 0.1) is 6.92 Å². The van der Waals surface area contributed by atoms with Gasteiger partial charge in [-0.1, -0.05) is 17.7 Å². The molecule has 6 nitrogen and oxygen atoms in total. The van der Waals surface area contributed by atoms with Gasteiger partial charge in [-0.2, -0.15) is 0 Å². The van der Waals surface area contributed by atoms with Crippen LogP contribution in [0.15, 0.2) is 29.3 Å². The van der Waals surface area contributed by atoms with Crippen LogP contribution in [-0.4, -0.2) is 56.1 Å². The normalized spacial score (nSPS) is 14.0. The molecule has 0 spiro atoms. The average Bonchev–Trinajstić information content (AvgIpc) is 3.12. The fraction of sp³-hybridized carbons (Fsp3) is 0.556. The third kappa shape index (κ3) is 7.94. The van der Waals surface area contributed by atoms with Crippen molar-refractivity contribution >= 4 is 35.8 Å². The van der Waals surface area contributed by atoms with Crippen LogP contribution in [0.3, 0.4) is 0 Å². The first-order valence-corrected chi connectivity index (χ1v) is 8.68. The number of carbonyl (C=O) groups excluding carboxylic acids is 1. The number of amides is 1. The van der Waals surface area contributed by atoms with Gasteiger partial charge in [0.1, 0.15) is 18.9 Å². The molecule has 0 bridgehead atoms. The Bertz CT molecular complexity index is 543. The third-order valence-electron chi connectivity index (χ3n) is 3.86. The van der Waals surface area contributed by atoms with Crippen molar-refractivity contribution in [2.75, 3.05) is 39.3 Å². The summed E-state index contributed by atoms with van der Waals surface area (Å²) in [6.07, 6.45) is 2.20. The molecular formula is C18H29IN4O2. The van der Waals surface area contributed by atoms with Crippen LogP contribution in [-0.2, 0) is 4.79 Å². The maximum atomic E-state index is 12.0. The zero-order valence-electron chi connectivity index (χ0n) is 15.1. The summed E-state index contributed by atoms with van der Waals surface area (Å²) in [7, 11) is 0. The Kier molecular flexibility index (Phi) is 10.3. The minimum atomic E-state index is 0. The first kappa shape index (κ1) is 21.5. The number of nitrogens with one attached hydrogen (secondary N) is 2. The summed E-state index contributed by atoms with van der Waals surface area (Å²) in [4.78, 5) is 18.3. The molecule has 7 heteroatoms. The van der Waals surface area contributed by atoms with Crippen LogP contribution < -0.4 is 15.4 Å². The zero-order valence-corrected chi connectivity index (χ0v) is 17.4. The Morgan fingerprint density at radius 3 is 2.52 bits per heavy atom. The van der Waals surface area contributed by atoms with E-state index in [4.69, 9.17) is 4.74 Å². The highest BCUT2D eigenvalue weighted by Gasteiger charge is 2.17. The van der Waals surface area contributed by atoms with Crippen LogP contribution in [0.25, 0.3) is 0 Å². The Balaban J connectivity index is 0.00000312. The molecule has 0 atom stereocenters. The monoisotopic (exact) mass is 460 g/mol. The van der Waals surface area contributed by atoms with Gasteiger partial charge < -0.3 is 20.3 Å². The molecule has 1 saturated heterocycles. The van der Waals surface area contributed by atoms with Crippen molar-refractivity contribution in [1.82, 2.24) is 15.5 Å². The van der Waals surface area contributed by atoms with Crippen LogP contribution in [0.1, 0.15) is 25.3 Å². The first-order valence-electron chi connectivity index (χ1n) is 8.68. The van der Waals surface area contributed by atoms with E-state index < -0.39 is 0 Å². The summed E-state index contributed by atoms with van der Waals surface area (Å²) in [5, 5.41) is 6.34. The standard InChI is InChI=1S/C18H28N4O2.HI/c1-3-19-18(21-14-17(23)22-11-4-5-12-22)20-10-13-24-16-8-6-15(2)7-9-16;/h6-9H,3-5,10-14H2,1-2H3,(H2,19,20,21);1H.